The predicted molar refractivity (Wildman–Crippen MR) is 58.5 cm³/mol. The minimum Gasteiger partial charge on any atom is -0.393 e. The van der Waals surface area contributed by atoms with E-state index >= 15 is 0 Å². The van der Waals surface area contributed by atoms with Gasteiger partial charge in [-0.2, -0.15) is 5.10 Å². The lowest BCUT2D eigenvalue weighted by Gasteiger charge is -2.31. The van der Waals surface area contributed by atoms with E-state index in [2.05, 4.69) is 16.6 Å². The highest BCUT2D eigenvalue weighted by atomic mass is 16.3. The average Bonchev–Trinajstić information content (AvgIpc) is 2.55. The number of aliphatic hydroxyl groups is 1. The number of aromatic nitrogens is 2. The number of hydrogen-bond donors (Lipinski definition) is 2. The molecule has 84 valence electrons. The summed E-state index contributed by atoms with van der Waals surface area (Å²) in [5, 5.41) is 16.7. The molecule has 1 fully saturated rings. The van der Waals surface area contributed by atoms with Gasteiger partial charge in [-0.05, 0) is 43.8 Å². The molecule has 4 nitrogen and oxygen atoms in total. The Morgan fingerprint density at radius 3 is 3.00 bits per heavy atom. The van der Waals surface area contributed by atoms with E-state index < -0.39 is 0 Å². The molecule has 1 aliphatic rings. The third kappa shape index (κ3) is 3.04. The zero-order valence-electron chi connectivity index (χ0n) is 9.19. The maximum atomic E-state index is 9.12. The molecule has 0 aromatic carbocycles. The molecule has 0 aliphatic heterocycles. The van der Waals surface area contributed by atoms with Crippen molar-refractivity contribution in [1.82, 2.24) is 15.1 Å². The van der Waals surface area contributed by atoms with Crippen molar-refractivity contribution in [3.8, 4) is 0 Å². The quantitative estimate of drug-likeness (QED) is 0.687. The van der Waals surface area contributed by atoms with Crippen LogP contribution in [0.25, 0.3) is 0 Å². The molecule has 0 saturated heterocycles. The van der Waals surface area contributed by atoms with E-state index in [0.29, 0.717) is 5.92 Å². The smallest absolute Gasteiger partial charge is 0.0546 e. The Morgan fingerprint density at radius 1 is 1.60 bits per heavy atom. The second kappa shape index (κ2) is 4.77. The fourth-order valence-corrected chi connectivity index (χ4v) is 2.01. The van der Waals surface area contributed by atoms with Crippen molar-refractivity contribution in [3.63, 3.8) is 0 Å². The van der Waals surface area contributed by atoms with Crippen molar-refractivity contribution in [2.75, 3.05) is 13.1 Å². The van der Waals surface area contributed by atoms with Gasteiger partial charge in [-0.25, -0.2) is 0 Å². The summed E-state index contributed by atoms with van der Waals surface area (Å²) in [7, 11) is 1.94. The standard InChI is InChI=1S/C11H19N3O/c1-14-8-9(7-13-14)2-3-12-6-10-4-11(15)5-10/h7-8,10-12,15H,2-6H2,1H3. The summed E-state index contributed by atoms with van der Waals surface area (Å²) in [6.07, 6.45) is 6.90. The highest BCUT2D eigenvalue weighted by Crippen LogP contribution is 2.25. The molecule has 0 bridgehead atoms. The van der Waals surface area contributed by atoms with Crippen LogP contribution in [0.3, 0.4) is 0 Å². The monoisotopic (exact) mass is 209 g/mol. The van der Waals surface area contributed by atoms with Gasteiger partial charge in [-0.15, -0.1) is 0 Å². The Balaban J connectivity index is 1.55. The van der Waals surface area contributed by atoms with Crippen LogP contribution in [0.5, 0.6) is 0 Å². The minimum absolute atomic E-state index is 0.0323. The zero-order chi connectivity index (χ0) is 10.7. The van der Waals surface area contributed by atoms with E-state index in [1.54, 1.807) is 0 Å². The van der Waals surface area contributed by atoms with E-state index in [4.69, 9.17) is 5.11 Å². The van der Waals surface area contributed by atoms with Crippen LogP contribution in [0.15, 0.2) is 12.4 Å². The van der Waals surface area contributed by atoms with E-state index in [-0.39, 0.29) is 6.10 Å². The third-order valence-electron chi connectivity index (χ3n) is 2.99. The topological polar surface area (TPSA) is 50.1 Å². The first kappa shape index (κ1) is 10.6. The lowest BCUT2D eigenvalue weighted by molar-refractivity contribution is 0.0432. The van der Waals surface area contributed by atoms with Gasteiger partial charge in [0, 0.05) is 13.2 Å². The number of aryl methyl sites for hydroxylation is 1. The maximum absolute atomic E-state index is 9.12. The number of nitrogens with zero attached hydrogens (tertiary/aromatic N) is 2. The van der Waals surface area contributed by atoms with Gasteiger partial charge in [-0.1, -0.05) is 0 Å². The van der Waals surface area contributed by atoms with Crippen molar-refractivity contribution in [2.24, 2.45) is 13.0 Å². The lowest BCUT2D eigenvalue weighted by Crippen LogP contribution is -2.36. The third-order valence-corrected chi connectivity index (χ3v) is 2.99. The normalized spacial score (nSPS) is 25.2. The number of aliphatic hydroxyl groups excluding tert-OH is 1. The van der Waals surface area contributed by atoms with Gasteiger partial charge >= 0.3 is 0 Å². The van der Waals surface area contributed by atoms with Crippen molar-refractivity contribution < 1.29 is 5.11 Å². The molecule has 2 N–H and O–H groups in total. The highest BCUT2D eigenvalue weighted by Gasteiger charge is 2.26. The largest absolute Gasteiger partial charge is 0.393 e. The minimum atomic E-state index is -0.0323. The molecule has 1 aliphatic carbocycles. The second-order valence-corrected chi connectivity index (χ2v) is 4.47. The van der Waals surface area contributed by atoms with Crippen LogP contribution in [0.1, 0.15) is 18.4 Å². The molecule has 0 spiro atoms. The van der Waals surface area contributed by atoms with Crippen LogP contribution in [0, 0.1) is 5.92 Å². The van der Waals surface area contributed by atoms with Crippen LogP contribution < -0.4 is 5.32 Å². The van der Waals surface area contributed by atoms with Gasteiger partial charge < -0.3 is 10.4 Å². The summed E-state index contributed by atoms with van der Waals surface area (Å²) < 4.78 is 1.83. The molecule has 0 atom stereocenters. The van der Waals surface area contributed by atoms with Crippen LogP contribution >= 0.6 is 0 Å². The van der Waals surface area contributed by atoms with Crippen LogP contribution in [-0.2, 0) is 13.5 Å². The molecular formula is C11H19N3O. The van der Waals surface area contributed by atoms with E-state index in [1.807, 2.05) is 17.9 Å². The van der Waals surface area contributed by atoms with Crippen molar-refractivity contribution in [2.45, 2.75) is 25.4 Å². The Kier molecular flexibility index (Phi) is 3.38. The molecule has 1 aromatic heterocycles. The summed E-state index contributed by atoms with van der Waals surface area (Å²) >= 11 is 0. The van der Waals surface area contributed by atoms with Crippen LogP contribution in [0.4, 0.5) is 0 Å². The van der Waals surface area contributed by atoms with E-state index in [0.717, 1.165) is 32.4 Å². The fourth-order valence-electron chi connectivity index (χ4n) is 2.01. The SMILES string of the molecule is Cn1cc(CCNCC2CC(O)C2)cn1. The fraction of sp³-hybridized carbons (Fsp3) is 0.727. The molecule has 0 radical (unpaired) electrons. The second-order valence-electron chi connectivity index (χ2n) is 4.47. The summed E-state index contributed by atoms with van der Waals surface area (Å²) in [6.45, 7) is 2.04. The number of nitrogens with one attached hydrogen (secondary N) is 1. The summed E-state index contributed by atoms with van der Waals surface area (Å²) in [4.78, 5) is 0. The van der Waals surface area contributed by atoms with Crippen molar-refractivity contribution >= 4 is 0 Å². The first-order valence-electron chi connectivity index (χ1n) is 5.60. The van der Waals surface area contributed by atoms with Gasteiger partial charge in [0.15, 0.2) is 0 Å². The summed E-state index contributed by atoms with van der Waals surface area (Å²) in [5.74, 6) is 0.689. The zero-order valence-corrected chi connectivity index (χ0v) is 9.19. The molecule has 15 heavy (non-hydrogen) atoms. The molecule has 2 rings (SSSR count). The highest BCUT2D eigenvalue weighted by molar-refractivity contribution is 5.03. The first-order chi connectivity index (χ1) is 7.24. The summed E-state index contributed by atoms with van der Waals surface area (Å²) in [6, 6.07) is 0. The van der Waals surface area contributed by atoms with Crippen molar-refractivity contribution in [3.05, 3.63) is 18.0 Å². The van der Waals surface area contributed by atoms with Gasteiger partial charge in [0.2, 0.25) is 0 Å². The van der Waals surface area contributed by atoms with Crippen molar-refractivity contribution in [1.29, 1.82) is 0 Å². The molecule has 0 amide bonds. The first-order valence-corrected chi connectivity index (χ1v) is 5.60. The Hall–Kier alpha value is -0.870. The molecule has 1 saturated carbocycles. The van der Waals surface area contributed by atoms with Gasteiger partial charge in [-0.3, -0.25) is 4.68 Å². The molecule has 1 aromatic rings. The Labute approximate surface area is 90.3 Å². The predicted octanol–water partition coefficient (Wildman–Crippen LogP) is 0.323. The summed E-state index contributed by atoms with van der Waals surface area (Å²) in [5.41, 5.74) is 1.28. The van der Waals surface area contributed by atoms with Crippen LogP contribution in [0.2, 0.25) is 0 Å². The molecule has 1 heterocycles. The van der Waals surface area contributed by atoms with Crippen LogP contribution in [-0.4, -0.2) is 34.1 Å². The lowest BCUT2D eigenvalue weighted by atomic mass is 9.82. The maximum Gasteiger partial charge on any atom is 0.0546 e. The van der Waals surface area contributed by atoms with E-state index in [9.17, 15) is 0 Å². The molecule has 0 unspecified atom stereocenters. The molecular weight excluding hydrogens is 190 g/mol. The van der Waals surface area contributed by atoms with Gasteiger partial charge in [0.1, 0.15) is 0 Å². The number of rotatable bonds is 5. The molecule has 4 heteroatoms. The van der Waals surface area contributed by atoms with E-state index in [1.165, 1.54) is 5.56 Å². The number of hydrogen-bond acceptors (Lipinski definition) is 3. The average molecular weight is 209 g/mol. The van der Waals surface area contributed by atoms with Gasteiger partial charge in [0.05, 0.1) is 12.3 Å². The Morgan fingerprint density at radius 2 is 2.40 bits per heavy atom. The Bertz CT molecular complexity index is 305. The van der Waals surface area contributed by atoms with Gasteiger partial charge in [0.25, 0.3) is 0 Å².